The number of carbonyl (C=O) groups excluding carboxylic acids is 1. The van der Waals surface area contributed by atoms with Gasteiger partial charge in [0.2, 0.25) is 0 Å². The maximum absolute atomic E-state index is 11.5. The highest BCUT2D eigenvalue weighted by Gasteiger charge is 2.23. The Labute approximate surface area is 100 Å². The van der Waals surface area contributed by atoms with E-state index in [2.05, 4.69) is 5.32 Å². The van der Waals surface area contributed by atoms with Gasteiger partial charge in [-0.25, -0.2) is 0 Å². The smallest absolute Gasteiger partial charge is 0.255 e. The summed E-state index contributed by atoms with van der Waals surface area (Å²) < 4.78 is 5.17. The molecule has 0 bridgehead atoms. The van der Waals surface area contributed by atoms with Crippen LogP contribution in [-0.4, -0.2) is 34.9 Å². The normalized spacial score (nSPS) is 11.1. The van der Waals surface area contributed by atoms with Crippen LogP contribution >= 0.6 is 0 Å². The summed E-state index contributed by atoms with van der Waals surface area (Å²) in [6.07, 6.45) is 0. The summed E-state index contributed by atoms with van der Waals surface area (Å²) in [6.45, 7) is 3.02. The number of hydrogen-bond acceptors (Lipinski definition) is 4. The molecule has 0 aliphatic rings. The zero-order valence-electron chi connectivity index (χ0n) is 9.93. The Hall–Kier alpha value is -1.59. The third kappa shape index (κ3) is 4.42. The van der Waals surface area contributed by atoms with Gasteiger partial charge < -0.3 is 20.3 Å². The fraction of sp³-hybridized carbons (Fsp3) is 0.417. The average Bonchev–Trinajstić information content (AvgIpc) is 2.27. The number of carbonyl (C=O) groups is 1. The summed E-state index contributed by atoms with van der Waals surface area (Å²) in [5.41, 5.74) is -0.833. The van der Waals surface area contributed by atoms with Gasteiger partial charge in [-0.05, 0) is 38.1 Å². The van der Waals surface area contributed by atoms with Gasteiger partial charge >= 0.3 is 0 Å². The number of hydrogen-bond donors (Lipinski definition) is 3. The van der Waals surface area contributed by atoms with E-state index in [1.54, 1.807) is 24.3 Å². The first-order valence-corrected chi connectivity index (χ1v) is 5.31. The molecular weight excluding hydrogens is 222 g/mol. The van der Waals surface area contributed by atoms with Gasteiger partial charge in [-0.1, -0.05) is 0 Å². The lowest BCUT2D eigenvalue weighted by molar-refractivity contribution is -0.130. The number of nitrogens with one attached hydrogen (secondary N) is 1. The van der Waals surface area contributed by atoms with Crippen molar-refractivity contribution in [2.45, 2.75) is 19.4 Å². The van der Waals surface area contributed by atoms with Crippen molar-refractivity contribution in [2.75, 3.05) is 18.5 Å². The molecule has 0 atom stereocenters. The number of aliphatic hydroxyl groups excluding tert-OH is 1. The molecule has 0 aliphatic heterocycles. The highest BCUT2D eigenvalue weighted by Crippen LogP contribution is 2.16. The molecule has 0 aliphatic carbocycles. The largest absolute Gasteiger partial charge is 0.491 e. The van der Waals surface area contributed by atoms with Crippen LogP contribution in [0.25, 0.3) is 0 Å². The molecule has 0 unspecified atom stereocenters. The minimum Gasteiger partial charge on any atom is -0.491 e. The molecule has 0 spiro atoms. The minimum atomic E-state index is -1.41. The van der Waals surface area contributed by atoms with Crippen molar-refractivity contribution in [2.24, 2.45) is 0 Å². The predicted molar refractivity (Wildman–Crippen MR) is 64.0 cm³/mol. The van der Waals surface area contributed by atoms with Crippen molar-refractivity contribution in [3.8, 4) is 5.75 Å². The van der Waals surface area contributed by atoms with Crippen LogP contribution in [0.4, 0.5) is 5.69 Å². The van der Waals surface area contributed by atoms with E-state index in [-0.39, 0.29) is 13.2 Å². The third-order valence-corrected chi connectivity index (χ3v) is 2.03. The zero-order valence-corrected chi connectivity index (χ0v) is 9.93. The monoisotopic (exact) mass is 239 g/mol. The molecule has 0 aromatic heterocycles. The number of anilines is 1. The lowest BCUT2D eigenvalue weighted by Crippen LogP contribution is -2.36. The average molecular weight is 239 g/mol. The highest BCUT2D eigenvalue weighted by molar-refractivity contribution is 5.96. The summed E-state index contributed by atoms with van der Waals surface area (Å²) in [4.78, 5) is 11.5. The Kier molecular flexibility index (Phi) is 4.48. The van der Waals surface area contributed by atoms with Gasteiger partial charge in [-0.3, -0.25) is 4.79 Å². The SMILES string of the molecule is CC(C)(O)C(=O)Nc1ccc(OCCO)cc1. The molecule has 0 fully saturated rings. The second-order valence-corrected chi connectivity index (χ2v) is 4.11. The van der Waals surface area contributed by atoms with Crippen LogP contribution in [0, 0.1) is 0 Å². The summed E-state index contributed by atoms with van der Waals surface area (Å²) >= 11 is 0. The third-order valence-electron chi connectivity index (χ3n) is 2.03. The quantitative estimate of drug-likeness (QED) is 0.709. The molecule has 0 heterocycles. The van der Waals surface area contributed by atoms with Crippen molar-refractivity contribution in [3.63, 3.8) is 0 Å². The first-order chi connectivity index (χ1) is 7.93. The maximum atomic E-state index is 11.5. The lowest BCUT2D eigenvalue weighted by atomic mass is 10.1. The molecule has 1 rings (SSSR count). The van der Waals surface area contributed by atoms with Crippen LogP contribution < -0.4 is 10.1 Å². The number of ether oxygens (including phenoxy) is 1. The van der Waals surface area contributed by atoms with E-state index in [0.717, 1.165) is 0 Å². The van der Waals surface area contributed by atoms with Crippen LogP contribution in [0.5, 0.6) is 5.75 Å². The lowest BCUT2D eigenvalue weighted by Gasteiger charge is -2.16. The number of benzene rings is 1. The standard InChI is InChI=1S/C12H17NO4/c1-12(2,16)11(15)13-9-3-5-10(6-4-9)17-8-7-14/h3-6,14,16H,7-8H2,1-2H3,(H,13,15). The minimum absolute atomic E-state index is 0.0445. The Morgan fingerprint density at radius 2 is 1.94 bits per heavy atom. The van der Waals surface area contributed by atoms with Crippen LogP contribution in [0.15, 0.2) is 24.3 Å². The molecule has 5 nitrogen and oxygen atoms in total. The summed E-state index contributed by atoms with van der Waals surface area (Å²) in [6, 6.07) is 6.68. The van der Waals surface area contributed by atoms with Gasteiger partial charge in [0.15, 0.2) is 0 Å². The molecule has 0 radical (unpaired) electrons. The van der Waals surface area contributed by atoms with E-state index < -0.39 is 11.5 Å². The van der Waals surface area contributed by atoms with Crippen molar-refractivity contribution >= 4 is 11.6 Å². The highest BCUT2D eigenvalue weighted by atomic mass is 16.5. The Morgan fingerprint density at radius 1 is 1.35 bits per heavy atom. The molecule has 1 amide bonds. The molecule has 0 saturated heterocycles. The van der Waals surface area contributed by atoms with Crippen molar-refractivity contribution < 1.29 is 19.7 Å². The van der Waals surface area contributed by atoms with Gasteiger partial charge in [-0.2, -0.15) is 0 Å². The summed E-state index contributed by atoms with van der Waals surface area (Å²) in [7, 11) is 0. The fourth-order valence-corrected chi connectivity index (χ4v) is 1.08. The van der Waals surface area contributed by atoms with E-state index >= 15 is 0 Å². The van der Waals surface area contributed by atoms with Gasteiger partial charge in [0.05, 0.1) is 6.61 Å². The first kappa shape index (κ1) is 13.5. The van der Waals surface area contributed by atoms with Crippen LogP contribution in [0.2, 0.25) is 0 Å². The number of aliphatic hydroxyl groups is 2. The Morgan fingerprint density at radius 3 is 2.41 bits per heavy atom. The first-order valence-electron chi connectivity index (χ1n) is 5.31. The molecule has 1 aromatic rings. The van der Waals surface area contributed by atoms with Crippen LogP contribution in [-0.2, 0) is 4.79 Å². The Bertz CT molecular complexity index is 367. The van der Waals surface area contributed by atoms with E-state index in [9.17, 15) is 9.90 Å². The second kappa shape index (κ2) is 5.65. The van der Waals surface area contributed by atoms with Gasteiger partial charge in [0.25, 0.3) is 5.91 Å². The van der Waals surface area contributed by atoms with Gasteiger partial charge in [0, 0.05) is 5.69 Å². The summed E-state index contributed by atoms with van der Waals surface area (Å²) in [5.74, 6) is 0.141. The van der Waals surface area contributed by atoms with Crippen molar-refractivity contribution in [1.29, 1.82) is 0 Å². The van der Waals surface area contributed by atoms with Gasteiger partial charge in [-0.15, -0.1) is 0 Å². The van der Waals surface area contributed by atoms with Gasteiger partial charge in [0.1, 0.15) is 18.0 Å². The van der Waals surface area contributed by atoms with E-state index in [0.29, 0.717) is 11.4 Å². The van der Waals surface area contributed by atoms with E-state index in [1.165, 1.54) is 13.8 Å². The molecule has 0 saturated carbocycles. The molecule has 17 heavy (non-hydrogen) atoms. The topological polar surface area (TPSA) is 78.8 Å². The van der Waals surface area contributed by atoms with Crippen molar-refractivity contribution in [3.05, 3.63) is 24.3 Å². The van der Waals surface area contributed by atoms with Crippen molar-refractivity contribution in [1.82, 2.24) is 0 Å². The second-order valence-electron chi connectivity index (χ2n) is 4.11. The molecular formula is C12H17NO4. The van der Waals surface area contributed by atoms with E-state index in [4.69, 9.17) is 9.84 Å². The Balaban J connectivity index is 2.59. The predicted octanol–water partition coefficient (Wildman–Crippen LogP) is 0.767. The number of amides is 1. The summed E-state index contributed by atoms with van der Waals surface area (Å²) in [5, 5.41) is 20.6. The molecule has 5 heteroatoms. The molecule has 3 N–H and O–H groups in total. The molecule has 1 aromatic carbocycles. The molecule has 94 valence electrons. The van der Waals surface area contributed by atoms with Crippen LogP contribution in [0.3, 0.4) is 0 Å². The van der Waals surface area contributed by atoms with Crippen LogP contribution in [0.1, 0.15) is 13.8 Å². The fourth-order valence-electron chi connectivity index (χ4n) is 1.08. The number of rotatable bonds is 5. The van der Waals surface area contributed by atoms with E-state index in [1.807, 2.05) is 0 Å². The maximum Gasteiger partial charge on any atom is 0.255 e. The zero-order chi connectivity index (χ0) is 12.9.